The maximum Gasteiger partial charge on any atom is 0.410 e. The van der Waals surface area contributed by atoms with Crippen molar-refractivity contribution in [2.45, 2.75) is 102 Å². The predicted octanol–water partition coefficient (Wildman–Crippen LogP) is 2.52. The molecule has 0 spiro atoms. The first-order valence-corrected chi connectivity index (χ1v) is 13.6. The number of ether oxygens (including phenoxy) is 2. The fourth-order valence-electron chi connectivity index (χ4n) is 7.24. The SMILES string of the molecule is COC1CCC(C#N)CC1OC(=O)N1C[C@H](C)N(C(C)=O)C2CCC(C3CNN(C4CC4)C3)CC21. The number of amides is 2. The molecule has 0 aromatic rings. The number of piperazine rings is 1. The van der Waals surface area contributed by atoms with Gasteiger partial charge in [-0.05, 0) is 63.7 Å². The largest absolute Gasteiger partial charge is 0.443 e. The minimum Gasteiger partial charge on any atom is -0.443 e. The van der Waals surface area contributed by atoms with Crippen molar-refractivity contribution >= 4 is 12.0 Å². The Hall–Kier alpha value is -1.89. The molecule has 2 amide bonds. The topological polar surface area (TPSA) is 98.1 Å². The number of fused-ring (bicyclic) bond motifs is 1. The summed E-state index contributed by atoms with van der Waals surface area (Å²) in [4.78, 5) is 30.1. The van der Waals surface area contributed by atoms with E-state index in [9.17, 15) is 14.9 Å². The van der Waals surface area contributed by atoms with Crippen molar-refractivity contribution in [1.29, 1.82) is 5.26 Å². The lowest BCUT2D eigenvalue weighted by atomic mass is 9.73. The number of methoxy groups -OCH3 is 1. The molecule has 5 fully saturated rings. The van der Waals surface area contributed by atoms with E-state index in [1.54, 1.807) is 14.0 Å². The second-order valence-corrected chi connectivity index (χ2v) is 11.5. The van der Waals surface area contributed by atoms with Crippen LogP contribution in [0.2, 0.25) is 0 Å². The Balaban J connectivity index is 1.31. The molecule has 9 nitrogen and oxygen atoms in total. The molecule has 9 heteroatoms. The quantitative estimate of drug-likeness (QED) is 0.651. The van der Waals surface area contributed by atoms with Gasteiger partial charge in [0.2, 0.25) is 5.91 Å². The Morgan fingerprint density at radius 2 is 1.77 bits per heavy atom. The number of rotatable bonds is 4. The van der Waals surface area contributed by atoms with E-state index in [4.69, 9.17) is 9.47 Å². The zero-order valence-electron chi connectivity index (χ0n) is 21.4. The van der Waals surface area contributed by atoms with Crippen molar-refractivity contribution in [2.24, 2.45) is 17.8 Å². The Morgan fingerprint density at radius 3 is 2.46 bits per heavy atom. The number of hydrazine groups is 1. The highest BCUT2D eigenvalue weighted by Gasteiger charge is 2.49. The molecule has 5 aliphatic rings. The van der Waals surface area contributed by atoms with E-state index in [0.717, 1.165) is 45.2 Å². The molecule has 8 atom stereocenters. The van der Waals surface area contributed by atoms with Crippen molar-refractivity contribution in [3.8, 4) is 6.07 Å². The third-order valence-electron chi connectivity index (χ3n) is 9.22. The number of hydrogen-bond donors (Lipinski definition) is 1. The second-order valence-electron chi connectivity index (χ2n) is 11.5. The van der Waals surface area contributed by atoms with Gasteiger partial charge in [-0.15, -0.1) is 0 Å². The molecule has 0 bridgehead atoms. The van der Waals surface area contributed by atoms with Gasteiger partial charge < -0.3 is 19.3 Å². The van der Waals surface area contributed by atoms with Gasteiger partial charge in [0.25, 0.3) is 0 Å². The number of nitrogens with zero attached hydrogens (tertiary/aromatic N) is 4. The van der Waals surface area contributed by atoms with E-state index in [2.05, 4.69) is 16.5 Å². The van der Waals surface area contributed by atoms with Crippen LogP contribution in [0.3, 0.4) is 0 Å². The van der Waals surface area contributed by atoms with Gasteiger partial charge >= 0.3 is 6.09 Å². The first-order chi connectivity index (χ1) is 16.9. The van der Waals surface area contributed by atoms with Gasteiger partial charge in [-0.3, -0.25) is 10.2 Å². The van der Waals surface area contributed by atoms with Crippen LogP contribution in [0.25, 0.3) is 0 Å². The monoisotopic (exact) mass is 487 g/mol. The van der Waals surface area contributed by atoms with Gasteiger partial charge in [0.05, 0.1) is 30.2 Å². The van der Waals surface area contributed by atoms with Crippen molar-refractivity contribution < 1.29 is 19.1 Å². The van der Waals surface area contributed by atoms with Crippen LogP contribution >= 0.6 is 0 Å². The standard InChI is InChI=1S/C26H41N5O4/c1-16-14-29(26(33)35-25-10-18(12-27)4-9-24(25)34-3)23-11-19(5-8-22(23)31(16)17(2)32)20-13-28-30(15-20)21-6-7-21/h16,18-25,28H,4-11,13-15H2,1-3H3/t16-,18?,19?,20?,22?,23?,24?,25?/m0/s1. The minimum absolute atomic E-state index is 0.0328. The molecule has 35 heavy (non-hydrogen) atoms. The van der Waals surface area contributed by atoms with Gasteiger partial charge in [-0.2, -0.15) is 5.26 Å². The summed E-state index contributed by atoms with van der Waals surface area (Å²) in [5.41, 5.74) is 3.60. The van der Waals surface area contributed by atoms with Crippen LogP contribution in [0.4, 0.5) is 4.79 Å². The molecule has 2 heterocycles. The molecule has 2 aliphatic heterocycles. The Morgan fingerprint density at radius 1 is 0.971 bits per heavy atom. The van der Waals surface area contributed by atoms with Crippen LogP contribution in [0.5, 0.6) is 0 Å². The molecule has 3 saturated carbocycles. The molecule has 7 unspecified atom stereocenters. The summed E-state index contributed by atoms with van der Waals surface area (Å²) >= 11 is 0. The van der Waals surface area contributed by atoms with Gasteiger partial charge in [0.1, 0.15) is 6.10 Å². The van der Waals surface area contributed by atoms with E-state index < -0.39 is 6.10 Å². The van der Waals surface area contributed by atoms with Crippen molar-refractivity contribution in [1.82, 2.24) is 20.2 Å². The molecule has 0 aromatic carbocycles. The molecule has 194 valence electrons. The number of carbonyl (C=O) groups excluding carboxylic acids is 2. The maximum absolute atomic E-state index is 13.6. The van der Waals surface area contributed by atoms with E-state index in [-0.39, 0.29) is 42.1 Å². The summed E-state index contributed by atoms with van der Waals surface area (Å²) in [5.74, 6) is 1.08. The Labute approximate surface area is 209 Å². The minimum atomic E-state index is -0.406. The van der Waals surface area contributed by atoms with Crippen molar-refractivity contribution in [3.63, 3.8) is 0 Å². The van der Waals surface area contributed by atoms with E-state index in [1.807, 2.05) is 16.7 Å². The first kappa shape index (κ1) is 24.8. The molecule has 0 aromatic heterocycles. The molecule has 5 rings (SSSR count). The number of hydrogen-bond acceptors (Lipinski definition) is 7. The average Bonchev–Trinajstić information content (AvgIpc) is 3.59. The lowest BCUT2D eigenvalue weighted by molar-refractivity contribution is -0.143. The van der Waals surface area contributed by atoms with E-state index >= 15 is 0 Å². The fraction of sp³-hybridized carbons (Fsp3) is 0.885. The summed E-state index contributed by atoms with van der Waals surface area (Å²) in [6.45, 7) is 6.24. The summed E-state index contributed by atoms with van der Waals surface area (Å²) in [6.07, 6.45) is 6.61. The second kappa shape index (κ2) is 10.2. The highest BCUT2D eigenvalue weighted by atomic mass is 16.6. The van der Waals surface area contributed by atoms with Crippen LogP contribution in [-0.2, 0) is 14.3 Å². The molecular formula is C26H41N5O4. The van der Waals surface area contributed by atoms with Gasteiger partial charge in [0, 0.05) is 52.2 Å². The highest BCUT2D eigenvalue weighted by molar-refractivity contribution is 5.75. The van der Waals surface area contributed by atoms with Crippen LogP contribution < -0.4 is 5.43 Å². The highest BCUT2D eigenvalue weighted by Crippen LogP contribution is 2.41. The molecule has 0 radical (unpaired) electrons. The summed E-state index contributed by atoms with van der Waals surface area (Å²) in [5, 5.41) is 11.8. The zero-order valence-corrected chi connectivity index (χ0v) is 21.4. The lowest BCUT2D eigenvalue weighted by Gasteiger charge is -2.54. The number of nitriles is 1. The third-order valence-corrected chi connectivity index (χ3v) is 9.22. The first-order valence-electron chi connectivity index (χ1n) is 13.6. The van der Waals surface area contributed by atoms with Crippen LogP contribution in [-0.4, -0.2) is 89.9 Å². The average molecular weight is 488 g/mol. The fourth-order valence-corrected chi connectivity index (χ4v) is 7.24. The summed E-state index contributed by atoms with van der Waals surface area (Å²) in [7, 11) is 1.65. The normalized spacial score (nSPS) is 40.2. The van der Waals surface area contributed by atoms with Crippen LogP contribution in [0.1, 0.15) is 65.2 Å². The predicted molar refractivity (Wildman–Crippen MR) is 129 cm³/mol. The lowest BCUT2D eigenvalue weighted by Crippen LogP contribution is -2.67. The Kier molecular flexibility index (Phi) is 7.25. The van der Waals surface area contributed by atoms with Crippen molar-refractivity contribution in [2.75, 3.05) is 26.7 Å². The van der Waals surface area contributed by atoms with E-state index in [0.29, 0.717) is 30.8 Å². The summed E-state index contributed by atoms with van der Waals surface area (Å²) < 4.78 is 11.7. The molecular weight excluding hydrogens is 446 g/mol. The van der Waals surface area contributed by atoms with E-state index in [1.165, 1.54) is 12.8 Å². The Bertz CT molecular complexity index is 844. The van der Waals surface area contributed by atoms with Gasteiger partial charge in [0.15, 0.2) is 0 Å². The summed E-state index contributed by atoms with van der Waals surface area (Å²) in [6, 6.07) is 2.99. The number of nitrogens with one attached hydrogen (secondary N) is 1. The molecule has 1 N–H and O–H groups in total. The number of carbonyl (C=O) groups is 2. The molecule has 2 saturated heterocycles. The smallest absolute Gasteiger partial charge is 0.410 e. The van der Waals surface area contributed by atoms with Gasteiger partial charge in [-0.25, -0.2) is 9.80 Å². The van der Waals surface area contributed by atoms with Crippen LogP contribution in [0, 0.1) is 29.1 Å². The molecule has 3 aliphatic carbocycles. The van der Waals surface area contributed by atoms with Gasteiger partial charge in [-0.1, -0.05) is 0 Å². The zero-order chi connectivity index (χ0) is 24.7. The van der Waals surface area contributed by atoms with Crippen molar-refractivity contribution in [3.05, 3.63) is 0 Å². The maximum atomic E-state index is 13.6. The third kappa shape index (κ3) is 5.03. The van der Waals surface area contributed by atoms with Crippen LogP contribution in [0.15, 0.2) is 0 Å².